The van der Waals surface area contributed by atoms with Crippen molar-refractivity contribution in [2.45, 2.75) is 36.3 Å². The van der Waals surface area contributed by atoms with Crippen molar-refractivity contribution in [1.82, 2.24) is 5.32 Å². The molecule has 1 aliphatic carbocycles. The van der Waals surface area contributed by atoms with Crippen LogP contribution in [0.15, 0.2) is 30.3 Å². The Morgan fingerprint density at radius 2 is 1.94 bits per heavy atom. The van der Waals surface area contributed by atoms with E-state index in [0.717, 1.165) is 24.8 Å². The molecule has 2 unspecified atom stereocenters. The van der Waals surface area contributed by atoms with Crippen molar-refractivity contribution < 1.29 is 8.42 Å². The highest BCUT2D eigenvalue weighted by Gasteiger charge is 2.36. The predicted molar refractivity (Wildman–Crippen MR) is 69.6 cm³/mol. The highest BCUT2D eigenvalue weighted by atomic mass is 32.2. The molecule has 0 saturated heterocycles. The minimum absolute atomic E-state index is 0.128. The van der Waals surface area contributed by atoms with E-state index in [-0.39, 0.29) is 17.0 Å². The highest BCUT2D eigenvalue weighted by molar-refractivity contribution is 7.91. The van der Waals surface area contributed by atoms with Gasteiger partial charge in [-0.1, -0.05) is 36.8 Å². The number of hydrogen-bond acceptors (Lipinski definition) is 3. The molecule has 4 heteroatoms. The lowest BCUT2D eigenvalue weighted by Crippen LogP contribution is -2.38. The summed E-state index contributed by atoms with van der Waals surface area (Å²) in [6, 6.07) is 9.55. The Morgan fingerprint density at radius 1 is 1.24 bits per heavy atom. The lowest BCUT2D eigenvalue weighted by molar-refractivity contribution is 0.537. The van der Waals surface area contributed by atoms with E-state index in [1.54, 1.807) is 0 Å². The SMILES string of the molecule is CNC1CCCC1S(=O)(=O)Cc1ccccc1. The van der Waals surface area contributed by atoms with Crippen LogP contribution < -0.4 is 5.32 Å². The average Bonchev–Trinajstić information content (AvgIpc) is 2.78. The summed E-state index contributed by atoms with van der Waals surface area (Å²) in [6.07, 6.45) is 2.76. The smallest absolute Gasteiger partial charge is 0.158 e. The third kappa shape index (κ3) is 2.87. The fourth-order valence-electron chi connectivity index (χ4n) is 2.60. The molecule has 0 heterocycles. The predicted octanol–water partition coefficient (Wildman–Crippen LogP) is 1.74. The van der Waals surface area contributed by atoms with Crippen molar-refractivity contribution in [3.63, 3.8) is 0 Å². The molecule has 0 spiro atoms. The number of nitrogens with one attached hydrogen (secondary N) is 1. The van der Waals surface area contributed by atoms with Gasteiger partial charge >= 0.3 is 0 Å². The second-order valence-corrected chi connectivity index (χ2v) is 6.88. The zero-order chi connectivity index (χ0) is 12.3. The van der Waals surface area contributed by atoms with Gasteiger partial charge in [-0.05, 0) is 25.5 Å². The van der Waals surface area contributed by atoms with Crippen LogP contribution in [-0.4, -0.2) is 26.8 Å². The van der Waals surface area contributed by atoms with Gasteiger partial charge in [0.15, 0.2) is 9.84 Å². The minimum Gasteiger partial charge on any atom is -0.316 e. The van der Waals surface area contributed by atoms with Gasteiger partial charge in [-0.3, -0.25) is 0 Å². The quantitative estimate of drug-likeness (QED) is 0.889. The van der Waals surface area contributed by atoms with Crippen LogP contribution in [0.25, 0.3) is 0 Å². The zero-order valence-electron chi connectivity index (χ0n) is 10.1. The molecule has 0 amide bonds. The Labute approximate surface area is 103 Å². The van der Waals surface area contributed by atoms with Gasteiger partial charge in [0.05, 0.1) is 11.0 Å². The van der Waals surface area contributed by atoms with Crippen LogP contribution in [0, 0.1) is 0 Å². The molecule has 1 aliphatic rings. The molecule has 1 saturated carbocycles. The normalized spacial score (nSPS) is 25.0. The van der Waals surface area contributed by atoms with Gasteiger partial charge < -0.3 is 5.32 Å². The van der Waals surface area contributed by atoms with Crippen molar-refractivity contribution >= 4 is 9.84 Å². The van der Waals surface area contributed by atoms with Gasteiger partial charge in [0, 0.05) is 6.04 Å². The molecule has 0 bridgehead atoms. The van der Waals surface area contributed by atoms with E-state index >= 15 is 0 Å². The largest absolute Gasteiger partial charge is 0.316 e. The molecule has 1 fully saturated rings. The minimum atomic E-state index is -3.04. The summed E-state index contributed by atoms with van der Waals surface area (Å²) >= 11 is 0. The molecular formula is C13H19NO2S. The van der Waals surface area contributed by atoms with E-state index in [4.69, 9.17) is 0 Å². The summed E-state index contributed by atoms with van der Waals surface area (Å²) in [6.45, 7) is 0. The first-order chi connectivity index (χ1) is 8.13. The molecule has 1 aromatic carbocycles. The first-order valence-electron chi connectivity index (χ1n) is 6.06. The van der Waals surface area contributed by atoms with Crippen molar-refractivity contribution in [1.29, 1.82) is 0 Å². The zero-order valence-corrected chi connectivity index (χ0v) is 10.9. The number of hydrogen-bond donors (Lipinski definition) is 1. The van der Waals surface area contributed by atoms with Crippen molar-refractivity contribution in [3.05, 3.63) is 35.9 Å². The van der Waals surface area contributed by atoms with E-state index in [9.17, 15) is 8.42 Å². The Bertz CT molecular complexity index is 456. The van der Waals surface area contributed by atoms with Crippen LogP contribution in [0.5, 0.6) is 0 Å². The van der Waals surface area contributed by atoms with E-state index in [1.807, 2.05) is 37.4 Å². The number of rotatable bonds is 4. The molecule has 0 aromatic heterocycles. The van der Waals surface area contributed by atoms with Crippen LogP contribution in [0.2, 0.25) is 0 Å². The van der Waals surface area contributed by atoms with Crippen LogP contribution in [-0.2, 0) is 15.6 Å². The molecule has 17 heavy (non-hydrogen) atoms. The standard InChI is InChI=1S/C13H19NO2S/c1-14-12-8-5-9-13(12)17(15,16)10-11-6-3-2-4-7-11/h2-4,6-7,12-14H,5,8-10H2,1H3. The molecule has 2 rings (SSSR count). The molecule has 3 nitrogen and oxygen atoms in total. The fraction of sp³-hybridized carbons (Fsp3) is 0.538. The fourth-order valence-corrected chi connectivity index (χ4v) is 4.77. The Balaban J connectivity index is 2.14. The third-order valence-electron chi connectivity index (χ3n) is 3.50. The lowest BCUT2D eigenvalue weighted by atomic mass is 10.2. The first kappa shape index (κ1) is 12.6. The molecule has 0 aliphatic heterocycles. The summed E-state index contributed by atoms with van der Waals surface area (Å²) in [7, 11) is -1.19. The highest BCUT2D eigenvalue weighted by Crippen LogP contribution is 2.27. The average molecular weight is 253 g/mol. The molecule has 1 N–H and O–H groups in total. The third-order valence-corrected chi connectivity index (χ3v) is 5.72. The maximum absolute atomic E-state index is 12.3. The maximum atomic E-state index is 12.3. The van der Waals surface area contributed by atoms with Crippen LogP contribution in [0.4, 0.5) is 0 Å². The van der Waals surface area contributed by atoms with Gasteiger partial charge in [-0.25, -0.2) is 8.42 Å². The summed E-state index contributed by atoms with van der Waals surface area (Å²) in [4.78, 5) is 0. The lowest BCUT2D eigenvalue weighted by Gasteiger charge is -2.19. The Morgan fingerprint density at radius 3 is 2.59 bits per heavy atom. The van der Waals surface area contributed by atoms with Crippen LogP contribution in [0.3, 0.4) is 0 Å². The van der Waals surface area contributed by atoms with Gasteiger partial charge in [0.1, 0.15) is 0 Å². The van der Waals surface area contributed by atoms with Crippen LogP contribution >= 0.6 is 0 Å². The number of benzene rings is 1. The topological polar surface area (TPSA) is 46.2 Å². The van der Waals surface area contributed by atoms with Gasteiger partial charge in [-0.15, -0.1) is 0 Å². The van der Waals surface area contributed by atoms with Crippen molar-refractivity contribution in [3.8, 4) is 0 Å². The van der Waals surface area contributed by atoms with Crippen molar-refractivity contribution in [2.24, 2.45) is 0 Å². The first-order valence-corrected chi connectivity index (χ1v) is 7.78. The van der Waals surface area contributed by atoms with Gasteiger partial charge in [0.2, 0.25) is 0 Å². The van der Waals surface area contributed by atoms with E-state index < -0.39 is 9.84 Å². The van der Waals surface area contributed by atoms with Crippen LogP contribution in [0.1, 0.15) is 24.8 Å². The molecule has 2 atom stereocenters. The van der Waals surface area contributed by atoms with E-state index in [2.05, 4.69) is 5.32 Å². The maximum Gasteiger partial charge on any atom is 0.158 e. The molecule has 1 aromatic rings. The van der Waals surface area contributed by atoms with E-state index in [0.29, 0.717) is 0 Å². The number of sulfone groups is 1. The van der Waals surface area contributed by atoms with Crippen molar-refractivity contribution in [2.75, 3.05) is 7.05 Å². The monoisotopic (exact) mass is 253 g/mol. The molecule has 0 radical (unpaired) electrons. The van der Waals surface area contributed by atoms with Gasteiger partial charge in [-0.2, -0.15) is 0 Å². The summed E-state index contributed by atoms with van der Waals surface area (Å²) in [5, 5.41) is 2.91. The summed E-state index contributed by atoms with van der Waals surface area (Å²) in [5.41, 5.74) is 0.884. The molecular weight excluding hydrogens is 234 g/mol. The summed E-state index contributed by atoms with van der Waals surface area (Å²) in [5.74, 6) is 0.163. The Kier molecular flexibility index (Phi) is 3.84. The summed E-state index contributed by atoms with van der Waals surface area (Å²) < 4.78 is 24.7. The van der Waals surface area contributed by atoms with E-state index in [1.165, 1.54) is 0 Å². The second kappa shape index (κ2) is 5.19. The molecule has 94 valence electrons. The second-order valence-electron chi connectivity index (χ2n) is 4.66. The van der Waals surface area contributed by atoms with Gasteiger partial charge in [0.25, 0.3) is 0 Å². The Hall–Kier alpha value is -0.870.